The zero-order valence-corrected chi connectivity index (χ0v) is 27.6. The van der Waals surface area contributed by atoms with Crippen LogP contribution in [0.1, 0.15) is 50.4 Å². The topological polar surface area (TPSA) is 38.7 Å². The molecule has 7 aromatic rings. The van der Waals surface area contributed by atoms with Crippen LogP contribution in [0.4, 0.5) is 0 Å². The lowest BCUT2D eigenvalue weighted by Gasteiger charge is -2.32. The van der Waals surface area contributed by atoms with E-state index < -0.39 is 0 Å². The van der Waals surface area contributed by atoms with Crippen LogP contribution in [-0.2, 0) is 6.42 Å². The maximum Gasteiger partial charge on any atom is 0.0973 e. The van der Waals surface area contributed by atoms with E-state index in [1.54, 1.807) is 6.20 Å². The van der Waals surface area contributed by atoms with Gasteiger partial charge in [-0.2, -0.15) is 0 Å². The third-order valence-electron chi connectivity index (χ3n) is 9.76. The molecule has 1 unspecified atom stereocenters. The minimum absolute atomic E-state index is 0.283. The van der Waals surface area contributed by atoms with E-state index in [0.29, 0.717) is 0 Å². The highest BCUT2D eigenvalue weighted by molar-refractivity contribution is 5.92. The van der Waals surface area contributed by atoms with Crippen LogP contribution in [0.25, 0.3) is 55.8 Å². The Morgan fingerprint density at radius 1 is 0.553 bits per heavy atom. The quantitative estimate of drug-likeness (QED) is 0.200. The first-order chi connectivity index (χ1) is 22.8. The van der Waals surface area contributed by atoms with E-state index in [-0.39, 0.29) is 5.92 Å². The normalized spacial score (nSPS) is 13.8. The molecule has 0 fully saturated rings. The Hall–Kier alpha value is -5.41. The van der Waals surface area contributed by atoms with Crippen molar-refractivity contribution in [3.63, 3.8) is 0 Å². The van der Waals surface area contributed by atoms with Crippen LogP contribution in [0.15, 0.2) is 116 Å². The molecular formula is C44H37N3. The standard InChI is InChI=1S/C44H37N3/c1-26-18-28(3)41(29(4)19-26)38-22-35-23-39-40(24-36(35)42-30(5)20-27(2)21-37(38)42)47-43(32-10-7-6-8-11-32)44(46-39)33-15-13-31(14-16-33)34-12-9-17-45-25-34/h6-21,23-25,38H,22H2,1-5H3. The molecule has 3 nitrogen and oxygen atoms in total. The Morgan fingerprint density at radius 2 is 1.15 bits per heavy atom. The Labute approximate surface area is 277 Å². The van der Waals surface area contributed by atoms with Crippen molar-refractivity contribution in [2.75, 3.05) is 0 Å². The van der Waals surface area contributed by atoms with Crippen molar-refractivity contribution in [3.05, 3.63) is 160 Å². The molecule has 3 heteroatoms. The smallest absolute Gasteiger partial charge is 0.0973 e. The fraction of sp³-hybridized carbons (Fsp3) is 0.159. The zero-order chi connectivity index (χ0) is 32.2. The maximum atomic E-state index is 5.39. The van der Waals surface area contributed by atoms with Crippen LogP contribution in [-0.4, -0.2) is 15.0 Å². The largest absolute Gasteiger partial charge is 0.264 e. The third-order valence-corrected chi connectivity index (χ3v) is 9.76. The van der Waals surface area contributed by atoms with Crippen molar-refractivity contribution in [2.24, 2.45) is 0 Å². The fourth-order valence-corrected chi connectivity index (χ4v) is 7.87. The van der Waals surface area contributed by atoms with E-state index in [4.69, 9.17) is 9.97 Å². The van der Waals surface area contributed by atoms with Crippen LogP contribution < -0.4 is 0 Å². The molecular weight excluding hydrogens is 571 g/mol. The van der Waals surface area contributed by atoms with Crippen LogP contribution in [0, 0.1) is 34.6 Å². The summed E-state index contributed by atoms with van der Waals surface area (Å²) in [5.74, 6) is 0.283. The molecule has 0 saturated carbocycles. The lowest BCUT2D eigenvalue weighted by atomic mass is 9.72. The van der Waals surface area contributed by atoms with Gasteiger partial charge < -0.3 is 0 Å². The Kier molecular flexibility index (Phi) is 7.06. The van der Waals surface area contributed by atoms with Gasteiger partial charge in [-0.15, -0.1) is 0 Å². The van der Waals surface area contributed by atoms with Crippen molar-refractivity contribution < 1.29 is 0 Å². The molecule has 0 N–H and O–H groups in total. The van der Waals surface area contributed by atoms with Gasteiger partial charge in [0.25, 0.3) is 0 Å². The summed E-state index contributed by atoms with van der Waals surface area (Å²) in [5, 5.41) is 0. The van der Waals surface area contributed by atoms with Crippen molar-refractivity contribution >= 4 is 11.0 Å². The molecule has 1 atom stereocenters. The summed E-state index contributed by atoms with van der Waals surface area (Å²) in [5.41, 5.74) is 21.5. The lowest BCUT2D eigenvalue weighted by molar-refractivity contribution is 0.778. The molecule has 1 aliphatic rings. The van der Waals surface area contributed by atoms with E-state index in [0.717, 1.165) is 51.1 Å². The number of aromatic nitrogens is 3. The molecule has 0 spiro atoms. The predicted molar refractivity (Wildman–Crippen MR) is 195 cm³/mol. The van der Waals surface area contributed by atoms with Gasteiger partial charge in [0.2, 0.25) is 0 Å². The molecule has 0 aliphatic heterocycles. The van der Waals surface area contributed by atoms with Gasteiger partial charge in [0.1, 0.15) is 0 Å². The first-order valence-corrected chi connectivity index (χ1v) is 16.4. The second-order valence-electron chi connectivity index (χ2n) is 13.2. The molecule has 228 valence electrons. The molecule has 0 saturated heterocycles. The second-order valence-corrected chi connectivity index (χ2v) is 13.2. The van der Waals surface area contributed by atoms with Gasteiger partial charge in [-0.05, 0) is 115 Å². The SMILES string of the molecule is Cc1cc(C)c(C2Cc3cc4nc(-c5ccc(-c6cccnc6)cc5)c(-c5ccccc5)nc4cc3-c3c(C)cc(C)cc32)c(C)c1. The van der Waals surface area contributed by atoms with Gasteiger partial charge in [-0.25, -0.2) is 9.97 Å². The molecule has 8 rings (SSSR count). The first kappa shape index (κ1) is 29.0. The van der Waals surface area contributed by atoms with Crippen molar-refractivity contribution in [1.29, 1.82) is 0 Å². The maximum absolute atomic E-state index is 5.39. The highest BCUT2D eigenvalue weighted by Gasteiger charge is 2.30. The molecule has 47 heavy (non-hydrogen) atoms. The number of pyridine rings is 1. The van der Waals surface area contributed by atoms with Crippen LogP contribution in [0.2, 0.25) is 0 Å². The van der Waals surface area contributed by atoms with E-state index in [1.165, 1.54) is 55.6 Å². The second kappa shape index (κ2) is 11.4. The Bertz CT molecular complexity index is 2280. The van der Waals surface area contributed by atoms with E-state index in [1.807, 2.05) is 18.3 Å². The monoisotopic (exact) mass is 607 g/mol. The molecule has 2 aromatic heterocycles. The first-order valence-electron chi connectivity index (χ1n) is 16.4. The highest BCUT2D eigenvalue weighted by Crippen LogP contribution is 2.47. The lowest BCUT2D eigenvalue weighted by Crippen LogP contribution is -2.16. The average molecular weight is 608 g/mol. The number of hydrogen-bond acceptors (Lipinski definition) is 3. The third kappa shape index (κ3) is 5.13. The van der Waals surface area contributed by atoms with Gasteiger partial charge in [0.05, 0.1) is 22.4 Å². The van der Waals surface area contributed by atoms with Crippen LogP contribution >= 0.6 is 0 Å². The van der Waals surface area contributed by atoms with Gasteiger partial charge in [-0.1, -0.05) is 96.1 Å². The minimum atomic E-state index is 0.283. The van der Waals surface area contributed by atoms with Gasteiger partial charge in [0, 0.05) is 29.4 Å². The molecule has 2 heterocycles. The van der Waals surface area contributed by atoms with Crippen molar-refractivity contribution in [3.8, 4) is 44.8 Å². The number of nitrogens with zero attached hydrogens (tertiary/aromatic N) is 3. The Morgan fingerprint density at radius 3 is 1.83 bits per heavy atom. The molecule has 0 amide bonds. The van der Waals surface area contributed by atoms with Crippen molar-refractivity contribution in [2.45, 2.75) is 47.0 Å². The zero-order valence-electron chi connectivity index (χ0n) is 27.6. The summed E-state index contributed by atoms with van der Waals surface area (Å²) in [4.78, 5) is 15.1. The number of benzene rings is 5. The fourth-order valence-electron chi connectivity index (χ4n) is 7.87. The molecule has 5 aromatic carbocycles. The molecule has 0 bridgehead atoms. The van der Waals surface area contributed by atoms with Gasteiger partial charge in [-0.3, -0.25) is 4.98 Å². The van der Waals surface area contributed by atoms with Gasteiger partial charge in [0.15, 0.2) is 0 Å². The summed E-state index contributed by atoms with van der Waals surface area (Å²) in [7, 11) is 0. The van der Waals surface area contributed by atoms with Gasteiger partial charge >= 0.3 is 0 Å². The van der Waals surface area contributed by atoms with E-state index >= 15 is 0 Å². The average Bonchev–Trinajstić information content (AvgIpc) is 3.07. The number of fused-ring (bicyclic) bond motifs is 4. The minimum Gasteiger partial charge on any atom is -0.264 e. The van der Waals surface area contributed by atoms with E-state index in [2.05, 4.69) is 131 Å². The predicted octanol–water partition coefficient (Wildman–Crippen LogP) is 10.9. The molecule has 0 radical (unpaired) electrons. The number of hydrogen-bond donors (Lipinski definition) is 0. The van der Waals surface area contributed by atoms with Crippen LogP contribution in [0.3, 0.4) is 0 Å². The summed E-state index contributed by atoms with van der Waals surface area (Å²) in [6, 6.07) is 37.1. The molecule has 1 aliphatic carbocycles. The summed E-state index contributed by atoms with van der Waals surface area (Å²) in [6.07, 6.45) is 4.64. The van der Waals surface area contributed by atoms with Crippen LogP contribution in [0.5, 0.6) is 0 Å². The number of aryl methyl sites for hydroxylation is 5. The number of rotatable bonds is 4. The van der Waals surface area contributed by atoms with E-state index in [9.17, 15) is 0 Å². The Balaban J connectivity index is 1.33. The summed E-state index contributed by atoms with van der Waals surface area (Å²) >= 11 is 0. The highest BCUT2D eigenvalue weighted by atomic mass is 14.8. The summed E-state index contributed by atoms with van der Waals surface area (Å²) < 4.78 is 0. The summed E-state index contributed by atoms with van der Waals surface area (Å²) in [6.45, 7) is 11.2. The van der Waals surface area contributed by atoms with Crippen molar-refractivity contribution in [1.82, 2.24) is 15.0 Å².